The average Bonchev–Trinajstić information content (AvgIpc) is 2.85. The molecule has 2 heterocycles. The van der Waals surface area contributed by atoms with Crippen molar-refractivity contribution in [2.75, 3.05) is 6.61 Å². The van der Waals surface area contributed by atoms with Gasteiger partial charge in [0.15, 0.2) is 0 Å². The van der Waals surface area contributed by atoms with E-state index in [-0.39, 0.29) is 11.3 Å². The number of hydrogen-bond acceptors (Lipinski definition) is 5. The van der Waals surface area contributed by atoms with Crippen LogP contribution >= 0.6 is 0 Å². The van der Waals surface area contributed by atoms with Gasteiger partial charge in [-0.25, -0.2) is 0 Å². The van der Waals surface area contributed by atoms with E-state index >= 15 is 0 Å². The molecule has 0 bridgehead atoms. The fourth-order valence-corrected chi connectivity index (χ4v) is 2.20. The lowest BCUT2D eigenvalue weighted by Crippen LogP contribution is -2.26. The van der Waals surface area contributed by atoms with Gasteiger partial charge in [0.05, 0.1) is 12.2 Å². The van der Waals surface area contributed by atoms with E-state index in [4.69, 9.17) is 9.26 Å². The largest absolute Gasteiger partial charge is 0.492 e. The molecule has 2 aromatic heterocycles. The molecule has 6 heteroatoms. The van der Waals surface area contributed by atoms with Crippen LogP contribution < -0.4 is 10.3 Å². The van der Waals surface area contributed by atoms with E-state index < -0.39 is 0 Å². The van der Waals surface area contributed by atoms with Crippen LogP contribution in [-0.2, 0) is 6.54 Å². The molecule has 0 N–H and O–H groups in total. The van der Waals surface area contributed by atoms with Gasteiger partial charge in [0.25, 0.3) is 11.3 Å². The second-order valence-corrected chi connectivity index (χ2v) is 4.73. The molecule has 0 amide bonds. The molecule has 108 valence electrons. The van der Waals surface area contributed by atoms with E-state index in [1.807, 2.05) is 30.3 Å². The van der Waals surface area contributed by atoms with E-state index in [9.17, 15) is 4.79 Å². The Bertz CT molecular complexity index is 821. The monoisotopic (exact) mass is 285 g/mol. The molecule has 0 radical (unpaired) electrons. The van der Waals surface area contributed by atoms with Crippen LogP contribution in [0.5, 0.6) is 5.75 Å². The summed E-state index contributed by atoms with van der Waals surface area (Å²) >= 11 is 0. The maximum atomic E-state index is 12.4. The van der Waals surface area contributed by atoms with Gasteiger partial charge in [-0.1, -0.05) is 23.4 Å². The zero-order valence-electron chi connectivity index (χ0n) is 11.9. The zero-order chi connectivity index (χ0) is 14.8. The molecule has 6 nitrogen and oxygen atoms in total. The molecule has 0 unspecified atom stereocenters. The summed E-state index contributed by atoms with van der Waals surface area (Å²) < 4.78 is 12.2. The number of rotatable bonds is 4. The van der Waals surface area contributed by atoms with Gasteiger partial charge < -0.3 is 9.26 Å². The maximum Gasteiger partial charge on any atom is 0.266 e. The minimum atomic E-state index is -0.145. The first-order valence-electron chi connectivity index (χ1n) is 6.68. The van der Waals surface area contributed by atoms with Gasteiger partial charge in [-0.05, 0) is 26.0 Å². The first-order valence-corrected chi connectivity index (χ1v) is 6.68. The number of para-hydroxylation sites is 1. The van der Waals surface area contributed by atoms with Crippen molar-refractivity contribution < 1.29 is 9.26 Å². The molecule has 0 saturated heterocycles. The second-order valence-electron chi connectivity index (χ2n) is 4.73. The normalized spacial score (nSPS) is 11.0. The summed E-state index contributed by atoms with van der Waals surface area (Å²) in [4.78, 5) is 16.7. The van der Waals surface area contributed by atoms with Crippen molar-refractivity contribution in [3.8, 4) is 5.75 Å². The molecule has 0 atom stereocenters. The Kier molecular flexibility index (Phi) is 3.43. The minimum absolute atomic E-state index is 0.145. The Morgan fingerprint density at radius 1 is 1.24 bits per heavy atom. The first kappa shape index (κ1) is 13.4. The molecule has 0 spiro atoms. The quantitative estimate of drug-likeness (QED) is 0.734. The van der Waals surface area contributed by atoms with E-state index in [0.29, 0.717) is 30.1 Å². The number of aromatic nitrogens is 3. The van der Waals surface area contributed by atoms with Gasteiger partial charge in [0.2, 0.25) is 0 Å². The van der Waals surface area contributed by atoms with Gasteiger partial charge in [0, 0.05) is 0 Å². The summed E-state index contributed by atoms with van der Waals surface area (Å²) in [5.41, 5.74) is 0.698. The van der Waals surface area contributed by atoms with Crippen LogP contribution in [0.1, 0.15) is 11.5 Å². The fraction of sp³-hybridized carbons (Fsp3) is 0.267. The third-order valence-electron chi connectivity index (χ3n) is 3.28. The first-order chi connectivity index (χ1) is 10.2. The molecule has 21 heavy (non-hydrogen) atoms. The van der Waals surface area contributed by atoms with Crippen molar-refractivity contribution in [3.05, 3.63) is 52.2 Å². The lowest BCUT2D eigenvalue weighted by Gasteiger charge is -2.10. The summed E-state index contributed by atoms with van der Waals surface area (Å²) in [6.07, 6.45) is 0. The molecule has 0 aliphatic heterocycles. The Morgan fingerprint density at radius 2 is 2.00 bits per heavy atom. The predicted octanol–water partition coefficient (Wildman–Crippen LogP) is 2.08. The van der Waals surface area contributed by atoms with E-state index in [1.54, 1.807) is 18.4 Å². The molecule has 1 aromatic carbocycles. The molecule has 3 aromatic rings. The van der Waals surface area contributed by atoms with Gasteiger partial charge in [-0.3, -0.25) is 9.36 Å². The Labute approximate surface area is 121 Å². The molecule has 0 aliphatic rings. The van der Waals surface area contributed by atoms with Gasteiger partial charge >= 0.3 is 0 Å². The van der Waals surface area contributed by atoms with Crippen LogP contribution in [0.4, 0.5) is 0 Å². The number of fused-ring (bicyclic) bond motifs is 1. The van der Waals surface area contributed by atoms with Crippen molar-refractivity contribution in [2.24, 2.45) is 0 Å². The number of ether oxygens (including phenoxy) is 1. The molecular weight excluding hydrogens is 270 g/mol. The Hall–Kier alpha value is -2.63. The fourth-order valence-electron chi connectivity index (χ4n) is 2.20. The van der Waals surface area contributed by atoms with Gasteiger partial charge in [-0.2, -0.15) is 4.98 Å². The number of nitrogens with zero attached hydrogens (tertiary/aromatic N) is 3. The van der Waals surface area contributed by atoms with E-state index in [0.717, 1.165) is 5.75 Å². The standard InChI is InChI=1S/C15H15N3O3/c1-10-13-14(21-17-10)16-11(2)18(15(13)19)8-9-20-12-6-4-3-5-7-12/h3-7H,8-9H2,1-2H3. The van der Waals surface area contributed by atoms with Gasteiger partial charge in [0.1, 0.15) is 23.6 Å². The maximum absolute atomic E-state index is 12.4. The van der Waals surface area contributed by atoms with Crippen molar-refractivity contribution in [1.82, 2.24) is 14.7 Å². The highest BCUT2D eigenvalue weighted by molar-refractivity contribution is 5.74. The lowest BCUT2D eigenvalue weighted by atomic mass is 10.3. The molecule has 0 aliphatic carbocycles. The van der Waals surface area contributed by atoms with Crippen molar-refractivity contribution in [3.63, 3.8) is 0 Å². The molecular formula is C15H15N3O3. The van der Waals surface area contributed by atoms with Crippen LogP contribution in [-0.4, -0.2) is 21.3 Å². The summed E-state index contributed by atoms with van der Waals surface area (Å²) in [6, 6.07) is 9.48. The Morgan fingerprint density at radius 3 is 2.76 bits per heavy atom. The number of hydrogen-bond donors (Lipinski definition) is 0. The van der Waals surface area contributed by atoms with Crippen molar-refractivity contribution >= 4 is 11.1 Å². The smallest absolute Gasteiger partial charge is 0.266 e. The molecule has 0 saturated carbocycles. The second kappa shape index (κ2) is 5.40. The highest BCUT2D eigenvalue weighted by Gasteiger charge is 2.14. The lowest BCUT2D eigenvalue weighted by molar-refractivity contribution is 0.294. The van der Waals surface area contributed by atoms with Crippen molar-refractivity contribution in [1.29, 1.82) is 0 Å². The number of aryl methyl sites for hydroxylation is 2. The van der Waals surface area contributed by atoms with Crippen LogP contribution in [0.25, 0.3) is 11.1 Å². The molecule has 3 rings (SSSR count). The third kappa shape index (κ3) is 2.52. The van der Waals surface area contributed by atoms with Crippen LogP contribution in [0.2, 0.25) is 0 Å². The Balaban J connectivity index is 1.84. The highest BCUT2D eigenvalue weighted by Crippen LogP contribution is 2.12. The SMILES string of the molecule is Cc1noc2nc(C)n(CCOc3ccccc3)c(=O)c12. The highest BCUT2D eigenvalue weighted by atomic mass is 16.5. The summed E-state index contributed by atoms with van der Waals surface area (Å²) in [6.45, 7) is 4.31. The van der Waals surface area contributed by atoms with Crippen LogP contribution in [0.3, 0.4) is 0 Å². The predicted molar refractivity (Wildman–Crippen MR) is 77.5 cm³/mol. The van der Waals surface area contributed by atoms with Crippen LogP contribution in [0, 0.1) is 13.8 Å². The van der Waals surface area contributed by atoms with Crippen molar-refractivity contribution in [2.45, 2.75) is 20.4 Å². The summed E-state index contributed by atoms with van der Waals surface area (Å²) in [7, 11) is 0. The summed E-state index contributed by atoms with van der Waals surface area (Å²) in [5.74, 6) is 1.36. The number of benzene rings is 1. The third-order valence-corrected chi connectivity index (χ3v) is 3.28. The van der Waals surface area contributed by atoms with E-state index in [2.05, 4.69) is 10.1 Å². The van der Waals surface area contributed by atoms with E-state index in [1.165, 1.54) is 0 Å². The molecule has 0 fully saturated rings. The summed E-state index contributed by atoms with van der Waals surface area (Å²) in [5, 5.41) is 4.22. The van der Waals surface area contributed by atoms with Gasteiger partial charge in [-0.15, -0.1) is 0 Å². The topological polar surface area (TPSA) is 70.2 Å². The van der Waals surface area contributed by atoms with Crippen LogP contribution in [0.15, 0.2) is 39.6 Å². The minimum Gasteiger partial charge on any atom is -0.492 e. The average molecular weight is 285 g/mol. The zero-order valence-corrected chi connectivity index (χ0v) is 11.9.